The van der Waals surface area contributed by atoms with Crippen molar-refractivity contribution in [3.8, 4) is 89.5 Å². The summed E-state index contributed by atoms with van der Waals surface area (Å²) in [5.41, 5.74) is 44.7. The molecule has 28 rings (SSSR count). The maximum atomic E-state index is 2.47. The van der Waals surface area contributed by atoms with Crippen LogP contribution in [0.1, 0.15) is 94.5 Å². The first kappa shape index (κ1) is 75.7. The second-order valence-corrected chi connectivity index (χ2v) is 37.7. The van der Waals surface area contributed by atoms with E-state index in [1.54, 1.807) is 0 Å². The van der Waals surface area contributed by atoms with Gasteiger partial charge in [0.2, 0.25) is 0 Å². The molecule has 0 bridgehead atoms. The van der Waals surface area contributed by atoms with Crippen molar-refractivity contribution in [2.45, 2.75) is 49.4 Å². The second kappa shape index (κ2) is 28.5. The third-order valence-corrected chi connectivity index (χ3v) is 30.4. The highest BCUT2D eigenvalue weighted by atomic mass is 15.0. The van der Waals surface area contributed by atoms with Gasteiger partial charge in [-0.15, -0.1) is 0 Å². The van der Waals surface area contributed by atoms with Crippen molar-refractivity contribution in [3.63, 3.8) is 0 Å². The predicted molar refractivity (Wildman–Crippen MR) is 551 cm³/mol. The van der Waals surface area contributed by atoms with Crippen molar-refractivity contribution >= 4 is 87.2 Å². The maximum Gasteiger partial charge on any atom is 0.0713 e. The molecular formula is C128H88N4. The third kappa shape index (κ3) is 10.7. The van der Waals surface area contributed by atoms with Gasteiger partial charge in [0, 0.05) is 76.7 Å². The topological polar surface area (TPSA) is 19.7 Å². The summed E-state index contributed by atoms with van der Waals surface area (Å²) in [6.45, 7) is 9.39. The van der Waals surface area contributed by atoms with Crippen LogP contribution in [0, 0.1) is 0 Å². The summed E-state index contributed by atoms with van der Waals surface area (Å²) in [4.78, 5) is 0. The predicted octanol–water partition coefficient (Wildman–Crippen LogP) is 32.4. The van der Waals surface area contributed by atoms with E-state index in [9.17, 15) is 0 Å². The number of rotatable bonds is 10. The zero-order chi connectivity index (χ0) is 87.5. The first-order valence-electron chi connectivity index (χ1n) is 46.3. The molecule has 0 atom stereocenters. The van der Waals surface area contributed by atoms with Crippen LogP contribution in [0.15, 0.2) is 461 Å². The van der Waals surface area contributed by atoms with E-state index < -0.39 is 10.8 Å². The molecule has 0 spiro atoms. The summed E-state index contributed by atoms with van der Waals surface area (Å²) in [6.07, 6.45) is 0. The summed E-state index contributed by atoms with van der Waals surface area (Å²) < 4.78 is 9.85. The van der Waals surface area contributed by atoms with Gasteiger partial charge in [-0.2, -0.15) is 0 Å². The minimum atomic E-state index is -0.443. The van der Waals surface area contributed by atoms with Gasteiger partial charge in [-0.05, 0) is 255 Å². The molecule has 0 saturated carbocycles. The van der Waals surface area contributed by atoms with Crippen LogP contribution in [0.4, 0.5) is 0 Å². The Balaban J connectivity index is 0.000000141. The van der Waals surface area contributed by atoms with E-state index in [0.717, 1.165) is 11.4 Å². The van der Waals surface area contributed by atoms with Gasteiger partial charge in [0.25, 0.3) is 0 Å². The average molecular weight is 1680 g/mol. The van der Waals surface area contributed by atoms with Gasteiger partial charge in [-0.25, -0.2) is 0 Å². The summed E-state index contributed by atoms with van der Waals surface area (Å²) >= 11 is 0. The van der Waals surface area contributed by atoms with Gasteiger partial charge in [-0.3, -0.25) is 0 Å². The molecule has 0 aliphatic heterocycles. The monoisotopic (exact) mass is 1680 g/mol. The summed E-state index contributed by atoms with van der Waals surface area (Å²) in [5, 5.41) is 10.0. The molecule has 132 heavy (non-hydrogen) atoms. The van der Waals surface area contributed by atoms with E-state index in [1.807, 2.05) is 0 Å². The van der Waals surface area contributed by atoms with Crippen LogP contribution in [0.2, 0.25) is 0 Å². The fourth-order valence-corrected chi connectivity index (χ4v) is 24.6. The lowest BCUT2D eigenvalue weighted by molar-refractivity contribution is 0.660. The van der Waals surface area contributed by atoms with Crippen molar-refractivity contribution < 1.29 is 0 Å². The molecule has 4 heterocycles. The highest BCUT2D eigenvalue weighted by Gasteiger charge is 2.48. The van der Waals surface area contributed by atoms with Gasteiger partial charge in [-0.1, -0.05) is 367 Å². The summed E-state index contributed by atoms with van der Waals surface area (Å²) in [7, 11) is 0. The van der Waals surface area contributed by atoms with Crippen molar-refractivity contribution in [1.29, 1.82) is 0 Å². The molecule has 4 heteroatoms. The Morgan fingerprint density at radius 3 is 0.621 bits per heavy atom. The minimum absolute atomic E-state index is 0.0157. The number of hydrogen-bond donors (Lipinski definition) is 0. The van der Waals surface area contributed by atoms with Crippen molar-refractivity contribution in [2.75, 3.05) is 0 Å². The average Bonchev–Trinajstić information content (AvgIpc) is 1.53. The van der Waals surface area contributed by atoms with Gasteiger partial charge < -0.3 is 18.3 Å². The zero-order valence-electron chi connectivity index (χ0n) is 73.7. The van der Waals surface area contributed by atoms with Crippen LogP contribution in [0.3, 0.4) is 0 Å². The van der Waals surface area contributed by atoms with Gasteiger partial charge in [0.15, 0.2) is 0 Å². The van der Waals surface area contributed by atoms with Gasteiger partial charge >= 0.3 is 0 Å². The first-order valence-corrected chi connectivity index (χ1v) is 46.3. The fourth-order valence-electron chi connectivity index (χ4n) is 24.6. The van der Waals surface area contributed by atoms with E-state index in [0.29, 0.717) is 0 Å². The van der Waals surface area contributed by atoms with Crippen LogP contribution in [-0.2, 0) is 21.7 Å². The van der Waals surface area contributed by atoms with E-state index in [2.05, 4.69) is 507 Å². The lowest BCUT2D eigenvalue weighted by Crippen LogP contribution is -2.28. The normalized spacial score (nSPS) is 14.2. The lowest BCUT2D eigenvalue weighted by Gasteiger charge is -2.33. The number of fused-ring (bicyclic) bond motifs is 24. The fraction of sp³-hybridized carbons (Fsp3) is 0.0625. The van der Waals surface area contributed by atoms with Crippen LogP contribution >= 0.6 is 0 Å². The number of hydrogen-bond acceptors (Lipinski definition) is 0. The number of nitrogens with zero attached hydrogens (tertiary/aromatic N) is 4. The molecule has 0 unspecified atom stereocenters. The molecule has 0 saturated heterocycles. The minimum Gasteiger partial charge on any atom is -0.309 e. The number of para-hydroxylation sites is 4. The SMILES string of the molecule is CC1(C)c2ccccc2-c2cc(-n3c4ccccc4c4cc(-c5ccc6c(c5)c5ccccc5n6-c5ccc6c(c5)-c5ccccc5C6(C)C)ccc43)ccc21.c1ccc(C2(c3ccccc3)c3ccccc3-c3cc(-n4c5ccccc5c5cc(-c6ccc7c(c6)c6ccccc6n7-c6ccc7c(c6)-c6ccccc6C7(c6ccccc6)c6ccccc6)ccc54)ccc32)cc1. The molecular weight excluding hydrogens is 1590 g/mol. The Morgan fingerprint density at radius 1 is 0.144 bits per heavy atom. The third-order valence-electron chi connectivity index (χ3n) is 30.4. The Bertz CT molecular complexity index is 8350. The lowest BCUT2D eigenvalue weighted by atomic mass is 9.68. The molecule has 620 valence electrons. The highest BCUT2D eigenvalue weighted by Crippen LogP contribution is 2.60. The van der Waals surface area contributed by atoms with Crippen LogP contribution in [-0.4, -0.2) is 18.3 Å². The van der Waals surface area contributed by atoms with Crippen LogP contribution < -0.4 is 0 Å². The van der Waals surface area contributed by atoms with Crippen LogP contribution in [0.25, 0.3) is 177 Å². The summed E-state index contributed by atoms with van der Waals surface area (Å²) in [6, 6.07) is 172. The Hall–Kier alpha value is -16.4. The van der Waals surface area contributed by atoms with E-state index in [4.69, 9.17) is 0 Å². The largest absolute Gasteiger partial charge is 0.309 e. The Morgan fingerprint density at radius 2 is 0.341 bits per heavy atom. The summed E-state index contributed by atoms with van der Waals surface area (Å²) in [5.74, 6) is 0. The number of benzene rings is 20. The Labute approximate surface area is 766 Å². The molecule has 4 nitrogen and oxygen atoms in total. The van der Waals surface area contributed by atoms with Gasteiger partial charge in [0.1, 0.15) is 0 Å². The first-order chi connectivity index (χ1) is 65.0. The highest BCUT2D eigenvalue weighted by molar-refractivity contribution is 6.16. The van der Waals surface area contributed by atoms with Crippen molar-refractivity contribution in [2.24, 2.45) is 0 Å². The molecule has 24 aromatic rings. The second-order valence-electron chi connectivity index (χ2n) is 37.7. The molecule has 0 amide bonds. The maximum absolute atomic E-state index is 2.47. The van der Waals surface area contributed by atoms with Crippen molar-refractivity contribution in [1.82, 2.24) is 18.3 Å². The Kier molecular flexibility index (Phi) is 16.4. The molecule has 4 aromatic heterocycles. The van der Waals surface area contributed by atoms with E-state index >= 15 is 0 Å². The molecule has 4 aliphatic rings. The molecule has 0 radical (unpaired) electrons. The van der Waals surface area contributed by atoms with E-state index in [1.165, 1.54) is 232 Å². The van der Waals surface area contributed by atoms with Crippen molar-refractivity contribution in [3.05, 3.63) is 528 Å². The smallest absolute Gasteiger partial charge is 0.0713 e. The van der Waals surface area contributed by atoms with Gasteiger partial charge in [0.05, 0.1) is 55.0 Å². The van der Waals surface area contributed by atoms with E-state index in [-0.39, 0.29) is 10.8 Å². The molecule has 4 aliphatic carbocycles. The molecule has 0 N–H and O–H groups in total. The zero-order valence-corrected chi connectivity index (χ0v) is 73.7. The van der Waals surface area contributed by atoms with Crippen LogP contribution in [0.5, 0.6) is 0 Å². The molecule has 0 fully saturated rings. The molecule has 20 aromatic carbocycles. The number of aromatic nitrogens is 4. The quantitative estimate of drug-likeness (QED) is 0.130. The standard InChI is InChI=1S/C74H48N2.C54H40N2/c1-5-21-51(22-6-1)73(52-23-7-2-8-24-52)65-33-17-13-29-57(65)61-47-55(39-41-67(61)73)75-69-35-19-15-31-59(69)63-45-49(37-43-71(63)75)50-38-44-72-64(46-50)60-32-16-20-36-70(60)76(72)56-40-42-68-62(48-56)58-30-14-18-34-66(58)74(68,53-25-9-3-10-26-53)54-27-11-4-12-28-54;1-53(2)45-17-9-5-13-37(45)41-31-35(23-25-47(41)53)55-49-19-11-7-15-39(49)43-29-33(21-27-51(43)55)34-22-28-52-44(30-34)40-16-8-12-20-50(40)56(52)36-24-26-48-42(32-36)38-14-6-10-18-46(38)54(48,3)4/h1-48H;5-32H,1-4H3.